The molecule has 4 aromatic rings. The van der Waals surface area contributed by atoms with Crippen LogP contribution in [0.3, 0.4) is 0 Å². The maximum Gasteiger partial charge on any atom is 0.408 e. The molecule has 1 unspecified atom stereocenters. The van der Waals surface area contributed by atoms with E-state index in [4.69, 9.17) is 9.47 Å². The van der Waals surface area contributed by atoms with Crippen molar-refractivity contribution < 1.29 is 29.0 Å². The van der Waals surface area contributed by atoms with Crippen LogP contribution in [-0.4, -0.2) is 53.9 Å². The van der Waals surface area contributed by atoms with Crippen LogP contribution in [0.1, 0.15) is 37.6 Å². The molecule has 43 heavy (non-hydrogen) atoms. The molecule has 9 nitrogen and oxygen atoms in total. The number of likely N-dealkylation sites (N-methyl/N-ethyl adjacent to an activating group) is 1. The van der Waals surface area contributed by atoms with E-state index in [0.717, 1.165) is 32.6 Å². The Kier molecular flexibility index (Phi) is 10.0. The Bertz CT molecular complexity index is 1590. The summed E-state index contributed by atoms with van der Waals surface area (Å²) < 4.78 is 10.7. The molecule has 3 aromatic carbocycles. The lowest BCUT2D eigenvalue weighted by atomic mass is 10.0. The number of methoxy groups -OCH3 is 1. The number of hydrogen-bond donors (Lipinski definition) is 3. The number of aliphatic carboxylic acids is 1. The molecule has 4 rings (SSSR count). The van der Waals surface area contributed by atoms with Crippen molar-refractivity contribution in [1.82, 2.24) is 10.3 Å². The lowest BCUT2D eigenvalue weighted by Gasteiger charge is -2.27. The zero-order chi connectivity index (χ0) is 31.1. The minimum atomic E-state index is -0.891. The number of fused-ring (bicyclic) bond motifs is 1. The minimum absolute atomic E-state index is 0.0677. The number of H-pyrrole nitrogens is 1. The molecule has 3 N–H and O–H groups in total. The first-order valence-corrected chi connectivity index (χ1v) is 14.8. The second-order valence-electron chi connectivity index (χ2n) is 11.1. The molecule has 1 heterocycles. The Morgan fingerprint density at radius 1 is 1.02 bits per heavy atom. The van der Waals surface area contributed by atoms with Crippen molar-refractivity contribution in [3.63, 3.8) is 0 Å². The number of carbonyl (C=O) groups is 3. The van der Waals surface area contributed by atoms with E-state index in [1.165, 1.54) is 4.90 Å². The van der Waals surface area contributed by atoms with Crippen LogP contribution in [0.4, 0.5) is 10.5 Å². The summed E-state index contributed by atoms with van der Waals surface area (Å²) in [5.74, 6) is 0.0283. The van der Waals surface area contributed by atoms with Gasteiger partial charge in [0.15, 0.2) is 0 Å². The lowest BCUT2D eigenvalue weighted by Crippen LogP contribution is -2.50. The summed E-state index contributed by atoms with van der Waals surface area (Å²) in [4.78, 5) is 43.8. The van der Waals surface area contributed by atoms with E-state index in [0.29, 0.717) is 17.2 Å². The van der Waals surface area contributed by atoms with Gasteiger partial charge in [0.25, 0.3) is 0 Å². The number of ether oxygens (including phenoxy) is 2. The first-order chi connectivity index (χ1) is 20.4. The molecule has 0 fully saturated rings. The van der Waals surface area contributed by atoms with Crippen molar-refractivity contribution in [1.29, 1.82) is 0 Å². The van der Waals surface area contributed by atoms with Gasteiger partial charge in [0, 0.05) is 46.4 Å². The number of benzene rings is 3. The highest BCUT2D eigenvalue weighted by Gasteiger charge is 2.28. The zero-order valence-electron chi connectivity index (χ0n) is 25.0. The third-order valence-electron chi connectivity index (χ3n) is 6.73. The van der Waals surface area contributed by atoms with Gasteiger partial charge in [-0.25, -0.2) is 4.79 Å². The average Bonchev–Trinajstić information content (AvgIpc) is 3.30. The van der Waals surface area contributed by atoms with Crippen molar-refractivity contribution in [2.45, 2.75) is 55.9 Å². The highest BCUT2D eigenvalue weighted by Crippen LogP contribution is 2.30. The van der Waals surface area contributed by atoms with E-state index in [1.807, 2.05) is 48.5 Å². The fourth-order valence-electron chi connectivity index (χ4n) is 4.70. The van der Waals surface area contributed by atoms with Crippen LogP contribution in [0, 0.1) is 0 Å². The molecule has 0 bridgehead atoms. The minimum Gasteiger partial charge on any atom is -0.497 e. The number of aromatic amines is 1. The molecule has 0 aliphatic carbocycles. The zero-order valence-corrected chi connectivity index (χ0v) is 25.8. The van der Waals surface area contributed by atoms with Crippen molar-refractivity contribution in [3.8, 4) is 5.75 Å². The molecular formula is C33H37N3O6S. The molecule has 226 valence electrons. The fraction of sp³-hybridized carbons (Fsp3) is 0.303. The van der Waals surface area contributed by atoms with E-state index in [9.17, 15) is 19.5 Å². The second-order valence-corrected chi connectivity index (χ2v) is 12.2. The van der Waals surface area contributed by atoms with Crippen LogP contribution >= 0.6 is 11.8 Å². The first kappa shape index (κ1) is 31.5. The van der Waals surface area contributed by atoms with Crippen LogP contribution in [0.2, 0.25) is 0 Å². The van der Waals surface area contributed by atoms with Gasteiger partial charge >= 0.3 is 12.1 Å². The van der Waals surface area contributed by atoms with Crippen molar-refractivity contribution in [3.05, 3.63) is 89.6 Å². The predicted octanol–water partition coefficient (Wildman–Crippen LogP) is 6.19. The highest BCUT2D eigenvalue weighted by molar-refractivity contribution is 7.98. The van der Waals surface area contributed by atoms with Gasteiger partial charge in [-0.3, -0.25) is 9.59 Å². The summed E-state index contributed by atoms with van der Waals surface area (Å²) in [5.41, 5.74) is 3.32. The molecule has 0 spiro atoms. The molecule has 0 radical (unpaired) electrons. The van der Waals surface area contributed by atoms with E-state index in [1.54, 1.807) is 71.0 Å². The number of aromatic nitrogens is 1. The monoisotopic (exact) mass is 603 g/mol. The number of para-hydroxylation sites is 1. The SMILES string of the molecule is COc1ccc(N(C)C(=O)C(Cc2cccc(SCc3[nH]c4ccccc4c3CC(=O)O)c2)NC(=O)OC(C)(C)C)cc1. The van der Waals surface area contributed by atoms with Gasteiger partial charge in [-0.2, -0.15) is 0 Å². The summed E-state index contributed by atoms with van der Waals surface area (Å²) in [6, 6.07) is 21.6. The van der Waals surface area contributed by atoms with Crippen LogP contribution in [0.5, 0.6) is 5.75 Å². The van der Waals surface area contributed by atoms with Crippen LogP contribution in [0.25, 0.3) is 10.9 Å². The summed E-state index contributed by atoms with van der Waals surface area (Å²) in [7, 11) is 3.24. The van der Waals surface area contributed by atoms with Gasteiger partial charge < -0.3 is 29.8 Å². The number of rotatable bonds is 11. The molecule has 0 aliphatic heterocycles. The van der Waals surface area contributed by atoms with E-state index >= 15 is 0 Å². The number of amides is 2. The third-order valence-corrected chi connectivity index (χ3v) is 7.75. The Balaban J connectivity index is 1.53. The normalized spacial score (nSPS) is 12.0. The maximum absolute atomic E-state index is 13.7. The van der Waals surface area contributed by atoms with Crippen LogP contribution < -0.4 is 15.0 Å². The molecule has 0 saturated heterocycles. The number of thioether (sulfide) groups is 1. The quantitative estimate of drug-likeness (QED) is 0.175. The highest BCUT2D eigenvalue weighted by atomic mass is 32.2. The van der Waals surface area contributed by atoms with E-state index < -0.39 is 23.7 Å². The Hall–Kier alpha value is -4.44. The van der Waals surface area contributed by atoms with Gasteiger partial charge in [-0.15, -0.1) is 11.8 Å². The summed E-state index contributed by atoms with van der Waals surface area (Å²) in [6.45, 7) is 5.30. The standard InChI is InChI=1S/C33H37N3O6S/c1-33(2,3)42-32(40)35-28(31(39)36(4)22-13-15-23(41-5)16-14-22)18-21-9-8-10-24(17-21)43-20-29-26(19-30(37)38)25-11-6-7-12-27(25)34-29/h6-17,28,34H,18-20H2,1-5H3,(H,35,40)(H,37,38). The fourth-order valence-corrected chi connectivity index (χ4v) is 5.67. The number of anilines is 1. The number of hydrogen-bond acceptors (Lipinski definition) is 6. The molecule has 0 saturated carbocycles. The van der Waals surface area contributed by atoms with Crippen molar-refractivity contribution in [2.75, 3.05) is 19.1 Å². The molecular weight excluding hydrogens is 566 g/mol. The van der Waals surface area contributed by atoms with Crippen molar-refractivity contribution in [2.24, 2.45) is 0 Å². The van der Waals surface area contributed by atoms with Gasteiger partial charge in [-0.05, 0) is 74.4 Å². The Morgan fingerprint density at radius 2 is 1.74 bits per heavy atom. The third kappa shape index (κ3) is 8.54. The number of nitrogens with one attached hydrogen (secondary N) is 2. The average molecular weight is 604 g/mol. The Labute approximate surface area is 255 Å². The van der Waals surface area contributed by atoms with Gasteiger partial charge in [0.1, 0.15) is 17.4 Å². The smallest absolute Gasteiger partial charge is 0.408 e. The summed E-state index contributed by atoms with van der Waals surface area (Å²) in [6.07, 6.45) is -0.505. The number of carboxylic acid groups (broad SMARTS) is 1. The van der Waals surface area contributed by atoms with Gasteiger partial charge in [0.05, 0.1) is 13.5 Å². The first-order valence-electron chi connectivity index (χ1n) is 13.9. The number of nitrogens with zero attached hydrogens (tertiary/aromatic N) is 1. The lowest BCUT2D eigenvalue weighted by molar-refractivity contribution is -0.136. The largest absolute Gasteiger partial charge is 0.497 e. The number of carbonyl (C=O) groups excluding carboxylic acids is 2. The van der Waals surface area contributed by atoms with Crippen molar-refractivity contribution >= 4 is 46.3 Å². The summed E-state index contributed by atoms with van der Waals surface area (Å²) in [5, 5.41) is 13.2. The number of carboxylic acids is 1. The summed E-state index contributed by atoms with van der Waals surface area (Å²) >= 11 is 1.56. The van der Waals surface area contributed by atoms with Crippen LogP contribution in [-0.2, 0) is 32.9 Å². The molecule has 2 amide bonds. The molecule has 0 aliphatic rings. The van der Waals surface area contributed by atoms with Crippen LogP contribution in [0.15, 0.2) is 77.7 Å². The maximum atomic E-state index is 13.7. The molecule has 10 heteroatoms. The molecule has 1 aromatic heterocycles. The number of alkyl carbamates (subject to hydrolysis) is 1. The predicted molar refractivity (Wildman–Crippen MR) is 169 cm³/mol. The molecule has 1 atom stereocenters. The van der Waals surface area contributed by atoms with Gasteiger partial charge in [0.2, 0.25) is 5.91 Å². The second kappa shape index (κ2) is 13.7. The topological polar surface area (TPSA) is 121 Å². The Morgan fingerprint density at radius 3 is 2.42 bits per heavy atom. The van der Waals surface area contributed by atoms with Gasteiger partial charge in [-0.1, -0.05) is 30.3 Å². The van der Waals surface area contributed by atoms with E-state index in [2.05, 4.69) is 10.3 Å². The van der Waals surface area contributed by atoms with E-state index in [-0.39, 0.29) is 18.7 Å².